The Morgan fingerprint density at radius 1 is 1.23 bits per heavy atom. The van der Waals surface area contributed by atoms with Crippen molar-refractivity contribution < 1.29 is 13.2 Å². The van der Waals surface area contributed by atoms with E-state index >= 15 is 0 Å². The molecule has 4 rings (SSSR count). The van der Waals surface area contributed by atoms with Crippen LogP contribution in [0.5, 0.6) is 0 Å². The van der Waals surface area contributed by atoms with Gasteiger partial charge < -0.3 is 20.9 Å². The summed E-state index contributed by atoms with van der Waals surface area (Å²) >= 11 is 0. The summed E-state index contributed by atoms with van der Waals surface area (Å²) in [6.07, 6.45) is -0.126. The van der Waals surface area contributed by atoms with E-state index in [4.69, 9.17) is 0 Å². The molecule has 1 unspecified atom stereocenters. The number of halogens is 3. The molecule has 2 aromatic heterocycles. The minimum atomic E-state index is -4.56. The molecule has 166 valence electrons. The minimum absolute atomic E-state index is 0.0924. The van der Waals surface area contributed by atoms with Crippen LogP contribution in [0, 0.1) is 0 Å². The van der Waals surface area contributed by atoms with E-state index in [1.165, 1.54) is 0 Å². The van der Waals surface area contributed by atoms with E-state index in [0.29, 0.717) is 5.56 Å². The largest absolute Gasteiger partial charge is 0.419 e. The highest BCUT2D eigenvalue weighted by Crippen LogP contribution is 2.40. The molecular formula is C21H26F3N6P. The first-order chi connectivity index (χ1) is 14.8. The maximum atomic E-state index is 13.8. The van der Waals surface area contributed by atoms with E-state index in [0.717, 1.165) is 54.0 Å². The third-order valence-electron chi connectivity index (χ3n) is 5.52. The van der Waals surface area contributed by atoms with Crippen molar-refractivity contribution in [3.05, 3.63) is 30.1 Å². The first-order valence-electron chi connectivity index (χ1n) is 10.2. The zero-order valence-corrected chi connectivity index (χ0v) is 18.6. The van der Waals surface area contributed by atoms with Gasteiger partial charge in [0.15, 0.2) is 0 Å². The number of piperidine rings is 1. The first kappa shape index (κ1) is 21.8. The second-order valence-electron chi connectivity index (χ2n) is 7.87. The average molecular weight is 450 g/mol. The lowest BCUT2D eigenvalue weighted by molar-refractivity contribution is -0.137. The van der Waals surface area contributed by atoms with Crippen molar-refractivity contribution >= 4 is 35.8 Å². The lowest BCUT2D eigenvalue weighted by Gasteiger charge is -2.24. The molecule has 1 saturated heterocycles. The van der Waals surface area contributed by atoms with Crippen molar-refractivity contribution in [1.29, 1.82) is 0 Å². The van der Waals surface area contributed by atoms with Crippen LogP contribution in [0.25, 0.3) is 22.2 Å². The van der Waals surface area contributed by atoms with Gasteiger partial charge in [-0.25, -0.2) is 9.97 Å². The highest BCUT2D eigenvalue weighted by molar-refractivity contribution is 7.65. The summed E-state index contributed by atoms with van der Waals surface area (Å²) in [7, 11) is 1.35. The Kier molecular flexibility index (Phi) is 6.08. The third kappa shape index (κ3) is 4.34. The van der Waals surface area contributed by atoms with Crippen molar-refractivity contribution in [2.24, 2.45) is 0 Å². The van der Waals surface area contributed by atoms with Crippen LogP contribution < -0.4 is 21.3 Å². The number of nitrogens with one attached hydrogen (secondary N) is 4. The van der Waals surface area contributed by atoms with Crippen LogP contribution in [0.1, 0.15) is 18.4 Å². The average Bonchev–Trinajstić information content (AvgIpc) is 3.16. The monoisotopic (exact) mass is 450 g/mol. The molecule has 0 saturated carbocycles. The quantitative estimate of drug-likeness (QED) is 0.438. The van der Waals surface area contributed by atoms with Crippen molar-refractivity contribution in [3.63, 3.8) is 0 Å². The highest BCUT2D eigenvalue weighted by Gasteiger charge is 2.36. The molecule has 1 aromatic carbocycles. The third-order valence-corrected chi connectivity index (χ3v) is 6.88. The van der Waals surface area contributed by atoms with Crippen LogP contribution in [0.2, 0.25) is 0 Å². The minimum Gasteiger partial charge on any atom is -0.388 e. The van der Waals surface area contributed by atoms with Crippen molar-refractivity contribution in [2.45, 2.75) is 25.1 Å². The molecule has 31 heavy (non-hydrogen) atoms. The number of fused-ring (bicyclic) bond motifs is 1. The summed E-state index contributed by atoms with van der Waals surface area (Å²) in [4.78, 5) is 11.5. The smallest absolute Gasteiger partial charge is 0.388 e. The number of alkyl halides is 3. The van der Waals surface area contributed by atoms with Gasteiger partial charge in [0.2, 0.25) is 5.95 Å². The first-order valence-corrected chi connectivity index (χ1v) is 12.4. The maximum Gasteiger partial charge on any atom is 0.419 e. The van der Waals surface area contributed by atoms with Gasteiger partial charge in [-0.3, -0.25) is 0 Å². The molecule has 0 amide bonds. The van der Waals surface area contributed by atoms with Crippen LogP contribution in [0.15, 0.2) is 24.5 Å². The fourth-order valence-corrected chi connectivity index (χ4v) is 5.37. The number of anilines is 2. The molecule has 0 radical (unpaired) electrons. The van der Waals surface area contributed by atoms with Gasteiger partial charge in [-0.15, -0.1) is 0 Å². The predicted molar refractivity (Wildman–Crippen MR) is 122 cm³/mol. The fraction of sp³-hybridized carbons (Fsp3) is 0.429. The molecule has 1 atom stereocenters. The Balaban J connectivity index is 1.84. The molecule has 0 bridgehead atoms. The van der Waals surface area contributed by atoms with Gasteiger partial charge in [0.1, 0.15) is 5.56 Å². The number of aromatic amines is 1. The van der Waals surface area contributed by atoms with Crippen molar-refractivity contribution in [2.75, 3.05) is 44.1 Å². The molecule has 3 aromatic rings. The van der Waals surface area contributed by atoms with Crippen molar-refractivity contribution in [3.8, 4) is 11.3 Å². The predicted octanol–water partition coefficient (Wildman–Crippen LogP) is 4.22. The Hall–Kier alpha value is -2.38. The van der Waals surface area contributed by atoms with Gasteiger partial charge in [-0.2, -0.15) is 13.2 Å². The Morgan fingerprint density at radius 3 is 2.68 bits per heavy atom. The zero-order chi connectivity index (χ0) is 22.2. The summed E-state index contributed by atoms with van der Waals surface area (Å²) < 4.78 is 41.5. The van der Waals surface area contributed by atoms with Gasteiger partial charge in [-0.1, -0.05) is 14.0 Å². The van der Waals surface area contributed by atoms with Gasteiger partial charge in [0.25, 0.3) is 0 Å². The van der Waals surface area contributed by atoms with Crippen LogP contribution >= 0.6 is 7.92 Å². The van der Waals surface area contributed by atoms with Gasteiger partial charge in [0.05, 0.1) is 11.2 Å². The van der Waals surface area contributed by atoms with E-state index in [2.05, 4.69) is 44.2 Å². The van der Waals surface area contributed by atoms with E-state index in [9.17, 15) is 13.2 Å². The molecule has 0 aliphatic carbocycles. The SMILES string of the molecule is CNc1ccc2c(-c3nc(NC4CCCNC4)ncc3C(F)(F)F)c[nH]c2c1P(C)C. The summed E-state index contributed by atoms with van der Waals surface area (Å²) in [6.45, 7) is 5.93. The maximum absolute atomic E-state index is 13.8. The van der Waals surface area contributed by atoms with Crippen LogP contribution in [0.4, 0.5) is 24.8 Å². The van der Waals surface area contributed by atoms with E-state index in [-0.39, 0.29) is 17.7 Å². The summed E-state index contributed by atoms with van der Waals surface area (Å²) in [5, 5.41) is 11.5. The number of nitrogens with zero attached hydrogens (tertiary/aromatic N) is 2. The molecule has 1 aliphatic heterocycles. The number of aromatic nitrogens is 3. The van der Waals surface area contributed by atoms with E-state index < -0.39 is 19.7 Å². The highest BCUT2D eigenvalue weighted by atomic mass is 31.1. The molecule has 6 nitrogen and oxygen atoms in total. The topological polar surface area (TPSA) is 77.7 Å². The van der Waals surface area contributed by atoms with Gasteiger partial charge >= 0.3 is 6.18 Å². The number of rotatable bonds is 5. The van der Waals surface area contributed by atoms with Gasteiger partial charge in [-0.05, 0) is 38.8 Å². The van der Waals surface area contributed by atoms with Gasteiger partial charge in [0, 0.05) is 54.0 Å². The second-order valence-corrected chi connectivity index (χ2v) is 10.1. The molecule has 10 heteroatoms. The molecule has 3 heterocycles. The summed E-state index contributed by atoms with van der Waals surface area (Å²) in [5.74, 6) is 0.214. The summed E-state index contributed by atoms with van der Waals surface area (Å²) in [5.41, 5.74) is 1.30. The van der Waals surface area contributed by atoms with Crippen LogP contribution in [0.3, 0.4) is 0 Å². The van der Waals surface area contributed by atoms with E-state index in [1.807, 2.05) is 19.2 Å². The Labute approximate surface area is 180 Å². The molecule has 4 N–H and O–H groups in total. The Bertz CT molecular complexity index is 1070. The number of hydrogen-bond acceptors (Lipinski definition) is 5. The van der Waals surface area contributed by atoms with Crippen LogP contribution in [-0.4, -0.2) is 54.5 Å². The number of benzene rings is 1. The molecule has 0 spiro atoms. The van der Waals surface area contributed by atoms with Crippen molar-refractivity contribution in [1.82, 2.24) is 20.3 Å². The van der Waals surface area contributed by atoms with Crippen LogP contribution in [-0.2, 0) is 6.18 Å². The molecule has 1 fully saturated rings. The number of hydrogen-bond donors (Lipinski definition) is 4. The Morgan fingerprint density at radius 2 is 2.03 bits per heavy atom. The lowest BCUT2D eigenvalue weighted by Crippen LogP contribution is -2.38. The van der Waals surface area contributed by atoms with E-state index in [1.54, 1.807) is 6.20 Å². The fourth-order valence-electron chi connectivity index (χ4n) is 4.07. The summed E-state index contributed by atoms with van der Waals surface area (Å²) in [6, 6.07) is 3.85. The standard InChI is InChI=1S/C21H26F3N6P/c1-25-16-7-6-13-14(10-27-18(13)19(16)31(2)3)17-15(21(22,23)24)11-28-20(30-17)29-12-5-4-8-26-9-12/h6-7,10-12,25-27H,4-5,8-9H2,1-3H3,(H,28,29,30). The normalized spacial score (nSPS) is 17.3. The zero-order valence-electron chi connectivity index (χ0n) is 17.7. The lowest BCUT2D eigenvalue weighted by atomic mass is 10.1. The number of H-pyrrole nitrogens is 1. The molecular weight excluding hydrogens is 424 g/mol. The second kappa shape index (κ2) is 8.63. The molecule has 1 aliphatic rings.